The number of benzene rings is 2. The zero-order valence-corrected chi connectivity index (χ0v) is 12.4. The van der Waals surface area contributed by atoms with Crippen LogP contribution in [0, 0.1) is 10.1 Å². The molecule has 24 heavy (non-hydrogen) atoms. The van der Waals surface area contributed by atoms with E-state index in [1.165, 1.54) is 24.3 Å². The van der Waals surface area contributed by atoms with Crippen molar-refractivity contribution in [1.29, 1.82) is 0 Å². The van der Waals surface area contributed by atoms with E-state index in [9.17, 15) is 14.9 Å². The molecule has 0 aliphatic rings. The summed E-state index contributed by atoms with van der Waals surface area (Å²) in [5.74, 6) is 0.356. The minimum Gasteiger partial charge on any atom is -0.429 e. The maximum atomic E-state index is 11.8. The molecule has 0 bridgehead atoms. The highest BCUT2D eigenvalue weighted by atomic mass is 16.7. The highest BCUT2D eigenvalue weighted by Gasteiger charge is 2.11. The molecule has 0 amide bonds. The number of nitro benzene ring substituents is 1. The van der Waals surface area contributed by atoms with Crippen LogP contribution in [0.25, 0.3) is 10.9 Å². The largest absolute Gasteiger partial charge is 0.514 e. The van der Waals surface area contributed by atoms with Crippen LogP contribution in [0.2, 0.25) is 0 Å². The molecule has 120 valence electrons. The highest BCUT2D eigenvalue weighted by molar-refractivity contribution is 5.86. The summed E-state index contributed by atoms with van der Waals surface area (Å²) >= 11 is 0. The van der Waals surface area contributed by atoms with Crippen molar-refractivity contribution in [1.82, 2.24) is 4.98 Å². The van der Waals surface area contributed by atoms with Crippen molar-refractivity contribution in [3.05, 3.63) is 76.5 Å². The normalized spacial score (nSPS) is 10.3. The molecule has 0 fully saturated rings. The summed E-state index contributed by atoms with van der Waals surface area (Å²) in [6.45, 7) is -0.0418. The molecule has 1 heterocycles. The Labute approximate surface area is 136 Å². The standard InChI is InChI=1S/C17H12N2O5/c20-17(23-11-12-5-7-13(8-6-12)19(21)22)24-16-9-10-18-15-4-2-1-3-14(15)16/h1-10H,11H2. The fraction of sp³-hybridized carbons (Fsp3) is 0.0588. The van der Waals surface area contributed by atoms with Crippen LogP contribution in [-0.2, 0) is 11.3 Å². The SMILES string of the molecule is O=C(OCc1ccc([N+](=O)[O-])cc1)Oc1ccnc2ccccc12. The van der Waals surface area contributed by atoms with Gasteiger partial charge >= 0.3 is 6.16 Å². The molecule has 0 aliphatic carbocycles. The van der Waals surface area contributed by atoms with Gasteiger partial charge in [-0.2, -0.15) is 0 Å². The van der Waals surface area contributed by atoms with Gasteiger partial charge in [0.05, 0.1) is 10.4 Å². The Kier molecular flexibility index (Phi) is 4.33. The molecule has 3 rings (SSSR count). The number of non-ortho nitro benzene ring substituents is 1. The first-order valence-electron chi connectivity index (χ1n) is 7.05. The lowest BCUT2D eigenvalue weighted by Gasteiger charge is -2.08. The van der Waals surface area contributed by atoms with Crippen molar-refractivity contribution in [3.63, 3.8) is 0 Å². The molecular weight excluding hydrogens is 312 g/mol. The second kappa shape index (κ2) is 6.74. The molecule has 0 unspecified atom stereocenters. The number of rotatable bonds is 4. The van der Waals surface area contributed by atoms with E-state index in [-0.39, 0.29) is 12.3 Å². The predicted molar refractivity (Wildman–Crippen MR) is 85.7 cm³/mol. The van der Waals surface area contributed by atoms with Crippen LogP contribution in [0.15, 0.2) is 60.8 Å². The highest BCUT2D eigenvalue weighted by Crippen LogP contribution is 2.23. The number of fused-ring (bicyclic) bond motifs is 1. The molecule has 0 saturated heterocycles. The van der Waals surface area contributed by atoms with Gasteiger partial charge in [-0.05, 0) is 29.8 Å². The summed E-state index contributed by atoms with van der Waals surface area (Å²) in [5.41, 5.74) is 1.31. The van der Waals surface area contributed by atoms with Gasteiger partial charge in [0, 0.05) is 29.8 Å². The van der Waals surface area contributed by atoms with Crippen molar-refractivity contribution < 1.29 is 19.2 Å². The summed E-state index contributed by atoms with van der Waals surface area (Å²) in [7, 11) is 0. The Morgan fingerprint density at radius 2 is 1.83 bits per heavy atom. The Balaban J connectivity index is 1.64. The van der Waals surface area contributed by atoms with Crippen LogP contribution >= 0.6 is 0 Å². The lowest BCUT2D eigenvalue weighted by molar-refractivity contribution is -0.384. The van der Waals surface area contributed by atoms with Crippen LogP contribution in [0.1, 0.15) is 5.56 Å². The maximum absolute atomic E-state index is 11.8. The monoisotopic (exact) mass is 324 g/mol. The molecule has 1 aromatic heterocycles. The fourth-order valence-corrected chi connectivity index (χ4v) is 2.13. The van der Waals surface area contributed by atoms with Gasteiger partial charge < -0.3 is 9.47 Å². The van der Waals surface area contributed by atoms with E-state index in [2.05, 4.69) is 4.98 Å². The van der Waals surface area contributed by atoms with Gasteiger partial charge in [0.25, 0.3) is 5.69 Å². The molecule has 0 radical (unpaired) electrons. The fourth-order valence-electron chi connectivity index (χ4n) is 2.13. The minimum atomic E-state index is -0.857. The number of pyridine rings is 1. The predicted octanol–water partition coefficient (Wildman–Crippen LogP) is 3.86. The van der Waals surface area contributed by atoms with Crippen molar-refractivity contribution in [2.24, 2.45) is 0 Å². The summed E-state index contributed by atoms with van der Waals surface area (Å²) < 4.78 is 10.2. The topological polar surface area (TPSA) is 91.6 Å². The van der Waals surface area contributed by atoms with Gasteiger partial charge in [-0.1, -0.05) is 12.1 Å². The average molecular weight is 324 g/mol. The third-order valence-corrected chi connectivity index (χ3v) is 3.31. The third kappa shape index (κ3) is 3.46. The van der Waals surface area contributed by atoms with Crippen molar-refractivity contribution in [2.45, 2.75) is 6.61 Å². The smallest absolute Gasteiger partial charge is 0.429 e. The van der Waals surface area contributed by atoms with Crippen LogP contribution < -0.4 is 4.74 Å². The second-order valence-corrected chi connectivity index (χ2v) is 4.89. The molecule has 7 nitrogen and oxygen atoms in total. The lowest BCUT2D eigenvalue weighted by atomic mass is 10.2. The number of aromatic nitrogens is 1. The Morgan fingerprint density at radius 3 is 2.58 bits per heavy atom. The summed E-state index contributed by atoms with van der Waals surface area (Å²) in [6, 6.07) is 14.6. The van der Waals surface area contributed by atoms with E-state index >= 15 is 0 Å². The maximum Gasteiger partial charge on any atom is 0.514 e. The summed E-state index contributed by atoms with van der Waals surface area (Å²) in [6.07, 6.45) is 0.686. The van der Waals surface area contributed by atoms with E-state index in [0.29, 0.717) is 22.2 Å². The summed E-state index contributed by atoms with van der Waals surface area (Å²) in [5, 5.41) is 11.3. The number of carbonyl (C=O) groups excluding carboxylic acids is 1. The van der Waals surface area contributed by atoms with Crippen molar-refractivity contribution in [3.8, 4) is 5.75 Å². The lowest BCUT2D eigenvalue weighted by Crippen LogP contribution is -2.10. The molecule has 7 heteroatoms. The Hall–Kier alpha value is -3.48. The molecule has 0 atom stereocenters. The summed E-state index contributed by atoms with van der Waals surface area (Å²) in [4.78, 5) is 26.1. The molecule has 0 saturated carbocycles. The first kappa shape index (κ1) is 15.4. The number of hydrogen-bond acceptors (Lipinski definition) is 6. The van der Waals surface area contributed by atoms with Crippen LogP contribution in [-0.4, -0.2) is 16.1 Å². The van der Waals surface area contributed by atoms with E-state index in [0.717, 1.165) is 0 Å². The Morgan fingerprint density at radius 1 is 1.08 bits per heavy atom. The van der Waals surface area contributed by atoms with Crippen LogP contribution in [0.3, 0.4) is 0 Å². The van der Waals surface area contributed by atoms with Gasteiger partial charge in [0.2, 0.25) is 0 Å². The van der Waals surface area contributed by atoms with Gasteiger partial charge in [-0.3, -0.25) is 15.1 Å². The van der Waals surface area contributed by atoms with Crippen LogP contribution in [0.4, 0.5) is 10.5 Å². The first-order chi connectivity index (χ1) is 11.6. The number of nitrogens with zero attached hydrogens (tertiary/aromatic N) is 2. The van der Waals surface area contributed by atoms with Crippen molar-refractivity contribution >= 4 is 22.7 Å². The van der Waals surface area contributed by atoms with Gasteiger partial charge in [0.1, 0.15) is 12.4 Å². The molecule has 2 aromatic carbocycles. The number of para-hydroxylation sites is 1. The van der Waals surface area contributed by atoms with E-state index < -0.39 is 11.1 Å². The number of ether oxygens (including phenoxy) is 2. The molecule has 3 aromatic rings. The van der Waals surface area contributed by atoms with E-state index in [4.69, 9.17) is 9.47 Å². The van der Waals surface area contributed by atoms with Gasteiger partial charge in [-0.15, -0.1) is 0 Å². The second-order valence-electron chi connectivity index (χ2n) is 4.89. The number of carbonyl (C=O) groups is 1. The zero-order valence-electron chi connectivity index (χ0n) is 12.4. The molecule has 0 N–H and O–H groups in total. The average Bonchev–Trinajstić information content (AvgIpc) is 2.61. The minimum absolute atomic E-state index is 0.0235. The molecular formula is C17H12N2O5. The number of nitro groups is 1. The number of hydrogen-bond donors (Lipinski definition) is 0. The van der Waals surface area contributed by atoms with Gasteiger partial charge in [0.15, 0.2) is 0 Å². The Bertz CT molecular complexity index is 888. The van der Waals surface area contributed by atoms with Crippen LogP contribution in [0.5, 0.6) is 5.75 Å². The molecule has 0 spiro atoms. The first-order valence-corrected chi connectivity index (χ1v) is 7.05. The molecule has 0 aliphatic heterocycles. The van der Waals surface area contributed by atoms with E-state index in [1.807, 2.05) is 18.2 Å². The van der Waals surface area contributed by atoms with Gasteiger partial charge in [-0.25, -0.2) is 4.79 Å². The zero-order chi connectivity index (χ0) is 16.9. The van der Waals surface area contributed by atoms with E-state index in [1.54, 1.807) is 18.3 Å². The van der Waals surface area contributed by atoms with Crippen molar-refractivity contribution in [2.75, 3.05) is 0 Å². The third-order valence-electron chi connectivity index (χ3n) is 3.31. The quantitative estimate of drug-likeness (QED) is 0.411.